The fourth-order valence-electron chi connectivity index (χ4n) is 4.76. The van der Waals surface area contributed by atoms with Gasteiger partial charge in [0.15, 0.2) is 0 Å². The molecule has 2 aliphatic carbocycles. The lowest BCUT2D eigenvalue weighted by Gasteiger charge is -2.43. The average Bonchev–Trinajstić information content (AvgIpc) is 3.16. The van der Waals surface area contributed by atoms with Crippen LogP contribution >= 0.6 is 0 Å². The average molecular weight is 383 g/mol. The Bertz CT molecular complexity index is 792. The van der Waals surface area contributed by atoms with Crippen LogP contribution < -0.4 is 11.1 Å². The van der Waals surface area contributed by atoms with Crippen LogP contribution in [0.4, 0.5) is 0 Å². The summed E-state index contributed by atoms with van der Waals surface area (Å²) in [5, 5.41) is 7.25. The van der Waals surface area contributed by atoms with Gasteiger partial charge in [0.05, 0.1) is 0 Å². The molecule has 3 atom stereocenters. The second-order valence-electron chi connectivity index (χ2n) is 8.62. The molecule has 0 spiro atoms. The monoisotopic (exact) mass is 383 g/mol. The van der Waals surface area contributed by atoms with E-state index in [1.54, 1.807) is 12.4 Å². The number of nitrogens with one attached hydrogen (secondary N) is 1. The topological polar surface area (TPSA) is 107 Å². The highest BCUT2D eigenvalue weighted by molar-refractivity contribution is 5.79. The number of pyridine rings is 1. The van der Waals surface area contributed by atoms with Gasteiger partial charge < -0.3 is 15.6 Å². The Hall–Kier alpha value is -2.28. The molecule has 2 heterocycles. The van der Waals surface area contributed by atoms with Crippen LogP contribution in [0.15, 0.2) is 29.0 Å². The zero-order valence-corrected chi connectivity index (χ0v) is 16.5. The number of nitrogens with two attached hydrogens (primary N) is 1. The summed E-state index contributed by atoms with van der Waals surface area (Å²) in [6, 6.07) is 3.67. The van der Waals surface area contributed by atoms with Crippen LogP contribution in [-0.4, -0.2) is 27.1 Å². The minimum Gasteiger partial charge on any atom is -0.344 e. The van der Waals surface area contributed by atoms with Crippen molar-refractivity contribution < 1.29 is 9.32 Å². The van der Waals surface area contributed by atoms with Gasteiger partial charge in [-0.05, 0) is 55.6 Å². The molecule has 2 aromatic heterocycles. The molecule has 2 aliphatic rings. The molecule has 2 aromatic rings. The summed E-state index contributed by atoms with van der Waals surface area (Å²) in [4.78, 5) is 21.7. The number of nitrogens with zero attached hydrogens (tertiary/aromatic N) is 3. The Balaban J connectivity index is 1.47. The largest absolute Gasteiger partial charge is 0.344 e. The normalized spacial score (nSPS) is 28.1. The van der Waals surface area contributed by atoms with Crippen molar-refractivity contribution in [3.63, 3.8) is 0 Å². The molecule has 2 fully saturated rings. The zero-order valence-electron chi connectivity index (χ0n) is 16.5. The number of amides is 1. The number of hydrogen-bond donors (Lipinski definition) is 2. The van der Waals surface area contributed by atoms with E-state index in [1.165, 1.54) is 6.42 Å². The molecule has 28 heavy (non-hydrogen) atoms. The van der Waals surface area contributed by atoms with Crippen molar-refractivity contribution in [1.82, 2.24) is 20.4 Å². The smallest absolute Gasteiger partial charge is 0.249 e. The molecule has 4 rings (SSSR count). The Morgan fingerprint density at radius 1 is 1.29 bits per heavy atom. The maximum Gasteiger partial charge on any atom is 0.249 e. The van der Waals surface area contributed by atoms with E-state index in [0.29, 0.717) is 23.6 Å². The van der Waals surface area contributed by atoms with Crippen LogP contribution in [0.25, 0.3) is 11.4 Å². The molecular weight excluding hydrogens is 354 g/mol. The third-order valence-corrected chi connectivity index (χ3v) is 6.38. The fraction of sp³-hybridized carbons (Fsp3) is 0.619. The van der Waals surface area contributed by atoms with Gasteiger partial charge in [0.2, 0.25) is 17.6 Å². The molecule has 0 aliphatic heterocycles. The zero-order chi connectivity index (χ0) is 19.7. The van der Waals surface area contributed by atoms with E-state index < -0.39 is 0 Å². The highest BCUT2D eigenvalue weighted by atomic mass is 16.5. The molecule has 2 bridgehead atoms. The number of hydrogen-bond acceptors (Lipinski definition) is 6. The van der Waals surface area contributed by atoms with E-state index in [0.717, 1.165) is 31.2 Å². The van der Waals surface area contributed by atoms with E-state index in [2.05, 4.69) is 20.4 Å². The molecule has 1 amide bonds. The molecule has 7 heteroatoms. The lowest BCUT2D eigenvalue weighted by Crippen LogP contribution is -2.49. The van der Waals surface area contributed by atoms with Crippen molar-refractivity contribution in [1.29, 1.82) is 0 Å². The van der Waals surface area contributed by atoms with Gasteiger partial charge in [0.25, 0.3) is 0 Å². The molecule has 2 saturated carbocycles. The first-order valence-corrected chi connectivity index (χ1v) is 10.3. The van der Waals surface area contributed by atoms with Gasteiger partial charge in [-0.1, -0.05) is 25.4 Å². The molecular formula is C21H29N5O2. The number of carbonyl (C=O) groups is 1. The molecule has 0 aromatic carbocycles. The summed E-state index contributed by atoms with van der Waals surface area (Å²) in [5.74, 6) is 2.12. The summed E-state index contributed by atoms with van der Waals surface area (Å²) >= 11 is 0. The maximum atomic E-state index is 13.0. The number of aromatic nitrogens is 3. The standard InChI is InChI=1S/C21H29N5O2/c1-12(2)18(21-25-19(26-28-21)15-7-4-8-23-11-15)24-20(27)16-9-13-5-3-6-14(10-16)17(13)22/h4,7-8,11-14,16-18H,3,5-6,9-10,22H2,1-2H3,(H,24,27). The predicted octanol–water partition coefficient (Wildman–Crippen LogP) is 3.10. The van der Waals surface area contributed by atoms with Crippen LogP contribution in [0, 0.1) is 23.7 Å². The van der Waals surface area contributed by atoms with Crippen molar-refractivity contribution in [2.24, 2.45) is 29.4 Å². The van der Waals surface area contributed by atoms with E-state index in [9.17, 15) is 4.79 Å². The molecule has 150 valence electrons. The Morgan fingerprint density at radius 3 is 2.68 bits per heavy atom. The van der Waals surface area contributed by atoms with Crippen LogP contribution in [0.3, 0.4) is 0 Å². The van der Waals surface area contributed by atoms with E-state index in [4.69, 9.17) is 10.3 Å². The Morgan fingerprint density at radius 2 is 2.04 bits per heavy atom. The highest BCUT2D eigenvalue weighted by Crippen LogP contribution is 2.42. The molecule has 7 nitrogen and oxygen atoms in total. The molecule has 3 N–H and O–H groups in total. The Labute approximate surface area is 165 Å². The van der Waals surface area contributed by atoms with Crippen molar-refractivity contribution >= 4 is 5.91 Å². The van der Waals surface area contributed by atoms with E-state index >= 15 is 0 Å². The third kappa shape index (κ3) is 3.81. The van der Waals surface area contributed by atoms with Crippen LogP contribution in [-0.2, 0) is 4.79 Å². The minimum absolute atomic E-state index is 0.0251. The van der Waals surface area contributed by atoms with Gasteiger partial charge in [-0.15, -0.1) is 0 Å². The summed E-state index contributed by atoms with van der Waals surface area (Å²) in [7, 11) is 0. The highest BCUT2D eigenvalue weighted by Gasteiger charge is 2.41. The van der Waals surface area contributed by atoms with Gasteiger partial charge in [-0.2, -0.15) is 4.98 Å². The maximum absolute atomic E-state index is 13.0. The quantitative estimate of drug-likeness (QED) is 0.821. The van der Waals surface area contributed by atoms with Crippen LogP contribution in [0.2, 0.25) is 0 Å². The van der Waals surface area contributed by atoms with Gasteiger partial charge in [0.1, 0.15) is 6.04 Å². The predicted molar refractivity (Wildman–Crippen MR) is 105 cm³/mol. The van der Waals surface area contributed by atoms with Crippen LogP contribution in [0.5, 0.6) is 0 Å². The van der Waals surface area contributed by atoms with Crippen molar-refractivity contribution in [2.75, 3.05) is 0 Å². The summed E-state index contributed by atoms with van der Waals surface area (Å²) < 4.78 is 5.50. The number of fused-ring (bicyclic) bond motifs is 2. The van der Waals surface area contributed by atoms with Crippen LogP contribution in [0.1, 0.15) is 57.9 Å². The first-order valence-electron chi connectivity index (χ1n) is 10.3. The van der Waals surface area contributed by atoms with E-state index in [1.807, 2.05) is 26.0 Å². The minimum atomic E-state index is -0.305. The molecule has 0 saturated heterocycles. The summed E-state index contributed by atoms with van der Waals surface area (Å²) in [5.41, 5.74) is 7.17. The van der Waals surface area contributed by atoms with Crippen molar-refractivity contribution in [2.45, 2.75) is 58.0 Å². The van der Waals surface area contributed by atoms with Gasteiger partial charge in [0, 0.05) is 29.9 Å². The Kier molecular flexibility index (Phi) is 5.44. The molecule has 0 radical (unpaired) electrons. The van der Waals surface area contributed by atoms with Gasteiger partial charge in [-0.25, -0.2) is 0 Å². The molecule has 3 unspecified atom stereocenters. The fourth-order valence-corrected chi connectivity index (χ4v) is 4.76. The van der Waals surface area contributed by atoms with E-state index in [-0.39, 0.29) is 29.8 Å². The SMILES string of the molecule is CC(C)C(NC(=O)C1CC2CCCC(C1)C2N)c1nc(-c2cccnc2)no1. The lowest BCUT2D eigenvalue weighted by atomic mass is 9.65. The lowest BCUT2D eigenvalue weighted by molar-refractivity contribution is -0.129. The second-order valence-corrected chi connectivity index (χ2v) is 8.62. The van der Waals surface area contributed by atoms with Crippen molar-refractivity contribution in [3.8, 4) is 11.4 Å². The summed E-state index contributed by atoms with van der Waals surface area (Å²) in [6.07, 6.45) is 8.71. The first kappa shape index (κ1) is 19.1. The second kappa shape index (κ2) is 7.99. The van der Waals surface area contributed by atoms with Gasteiger partial charge >= 0.3 is 0 Å². The third-order valence-electron chi connectivity index (χ3n) is 6.38. The van der Waals surface area contributed by atoms with Crippen molar-refractivity contribution in [3.05, 3.63) is 30.4 Å². The first-order chi connectivity index (χ1) is 13.5. The number of rotatable bonds is 5. The summed E-state index contributed by atoms with van der Waals surface area (Å²) in [6.45, 7) is 4.09. The van der Waals surface area contributed by atoms with Gasteiger partial charge in [-0.3, -0.25) is 9.78 Å². The number of carbonyl (C=O) groups excluding carboxylic acids is 1.